The summed E-state index contributed by atoms with van der Waals surface area (Å²) in [7, 11) is 0. The maximum atomic E-state index is 12.5. The number of alkyl halides is 3. The fourth-order valence-electron chi connectivity index (χ4n) is 1.40. The molecule has 1 aromatic rings. The van der Waals surface area contributed by atoms with Crippen LogP contribution in [0.2, 0.25) is 0 Å². The van der Waals surface area contributed by atoms with Gasteiger partial charge in [-0.3, -0.25) is 0 Å². The molecule has 1 rings (SSSR count). The van der Waals surface area contributed by atoms with Crippen LogP contribution in [0.4, 0.5) is 18.0 Å². The van der Waals surface area contributed by atoms with Gasteiger partial charge in [0.15, 0.2) is 0 Å². The fourth-order valence-corrected chi connectivity index (χ4v) is 1.40. The zero-order valence-electron chi connectivity index (χ0n) is 10.8. The molecule has 3 nitrogen and oxygen atoms in total. The standard InChI is InChI=1S/C13H17F3N2O/c1-9(2)7-17-12(19)18-8-10-4-3-5-11(6-10)13(14,15)16/h3-6,9H,7-8H2,1-2H3,(H2,17,18,19). The van der Waals surface area contributed by atoms with Gasteiger partial charge in [0.05, 0.1) is 5.56 Å². The average Bonchev–Trinajstić information content (AvgIpc) is 2.33. The Kier molecular flexibility index (Phi) is 5.20. The highest BCUT2D eigenvalue weighted by molar-refractivity contribution is 5.73. The van der Waals surface area contributed by atoms with Crippen molar-refractivity contribution in [2.45, 2.75) is 26.6 Å². The van der Waals surface area contributed by atoms with Gasteiger partial charge in [-0.1, -0.05) is 26.0 Å². The van der Waals surface area contributed by atoms with Gasteiger partial charge in [-0.25, -0.2) is 4.79 Å². The molecule has 0 heterocycles. The van der Waals surface area contributed by atoms with Crippen LogP contribution < -0.4 is 10.6 Å². The lowest BCUT2D eigenvalue weighted by Gasteiger charge is -2.11. The molecular weight excluding hydrogens is 257 g/mol. The number of amides is 2. The molecule has 0 aliphatic carbocycles. The van der Waals surface area contributed by atoms with Crippen molar-refractivity contribution in [2.24, 2.45) is 5.92 Å². The van der Waals surface area contributed by atoms with Crippen molar-refractivity contribution >= 4 is 6.03 Å². The van der Waals surface area contributed by atoms with Crippen LogP contribution in [0.5, 0.6) is 0 Å². The molecule has 1 aromatic carbocycles. The summed E-state index contributed by atoms with van der Waals surface area (Å²) >= 11 is 0. The van der Waals surface area contributed by atoms with E-state index in [1.807, 2.05) is 13.8 Å². The predicted molar refractivity (Wildman–Crippen MR) is 66.5 cm³/mol. The molecule has 0 aromatic heterocycles. The van der Waals surface area contributed by atoms with Crippen LogP contribution in [-0.4, -0.2) is 12.6 Å². The van der Waals surface area contributed by atoms with Crippen molar-refractivity contribution in [3.63, 3.8) is 0 Å². The largest absolute Gasteiger partial charge is 0.416 e. The maximum Gasteiger partial charge on any atom is 0.416 e. The van der Waals surface area contributed by atoms with Crippen LogP contribution in [0, 0.1) is 5.92 Å². The molecule has 2 N–H and O–H groups in total. The molecule has 0 radical (unpaired) electrons. The van der Waals surface area contributed by atoms with Crippen molar-refractivity contribution in [1.82, 2.24) is 10.6 Å². The van der Waals surface area contributed by atoms with Crippen LogP contribution >= 0.6 is 0 Å². The van der Waals surface area contributed by atoms with Gasteiger partial charge >= 0.3 is 12.2 Å². The molecule has 106 valence electrons. The molecule has 0 saturated heterocycles. The number of halogens is 3. The van der Waals surface area contributed by atoms with Gasteiger partial charge in [-0.15, -0.1) is 0 Å². The topological polar surface area (TPSA) is 41.1 Å². The minimum Gasteiger partial charge on any atom is -0.338 e. The minimum atomic E-state index is -4.37. The summed E-state index contributed by atoms with van der Waals surface area (Å²) in [5.74, 6) is 0.319. The molecule has 0 unspecified atom stereocenters. The molecule has 0 atom stereocenters. The third kappa shape index (κ3) is 5.63. The van der Waals surface area contributed by atoms with E-state index >= 15 is 0 Å². The number of urea groups is 1. The monoisotopic (exact) mass is 274 g/mol. The molecule has 19 heavy (non-hydrogen) atoms. The second-order valence-corrected chi connectivity index (χ2v) is 4.66. The van der Waals surface area contributed by atoms with E-state index in [1.165, 1.54) is 12.1 Å². The van der Waals surface area contributed by atoms with E-state index in [9.17, 15) is 18.0 Å². The van der Waals surface area contributed by atoms with E-state index in [0.29, 0.717) is 18.0 Å². The summed E-state index contributed by atoms with van der Waals surface area (Å²) in [5.41, 5.74) is -0.302. The summed E-state index contributed by atoms with van der Waals surface area (Å²) in [6, 6.07) is 4.51. The Morgan fingerprint density at radius 2 is 1.95 bits per heavy atom. The Morgan fingerprint density at radius 3 is 2.53 bits per heavy atom. The van der Waals surface area contributed by atoms with E-state index in [2.05, 4.69) is 10.6 Å². The van der Waals surface area contributed by atoms with E-state index in [1.54, 1.807) is 0 Å². The fraction of sp³-hybridized carbons (Fsp3) is 0.462. The van der Waals surface area contributed by atoms with Crippen LogP contribution in [0.3, 0.4) is 0 Å². The van der Waals surface area contributed by atoms with Crippen molar-refractivity contribution in [2.75, 3.05) is 6.54 Å². The van der Waals surface area contributed by atoms with Gasteiger partial charge in [0.1, 0.15) is 0 Å². The first-order valence-corrected chi connectivity index (χ1v) is 5.97. The number of benzene rings is 1. The van der Waals surface area contributed by atoms with Crippen molar-refractivity contribution in [1.29, 1.82) is 0 Å². The van der Waals surface area contributed by atoms with Crippen LogP contribution in [0.25, 0.3) is 0 Å². The number of rotatable bonds is 4. The molecule has 0 aliphatic rings. The quantitative estimate of drug-likeness (QED) is 0.870. The lowest BCUT2D eigenvalue weighted by atomic mass is 10.1. The summed E-state index contributed by atoms with van der Waals surface area (Å²) in [4.78, 5) is 11.4. The Bertz CT molecular complexity index is 430. The highest BCUT2D eigenvalue weighted by Gasteiger charge is 2.30. The molecule has 0 bridgehead atoms. The van der Waals surface area contributed by atoms with Gasteiger partial charge in [0, 0.05) is 13.1 Å². The first-order valence-electron chi connectivity index (χ1n) is 5.97. The van der Waals surface area contributed by atoms with E-state index in [4.69, 9.17) is 0 Å². The van der Waals surface area contributed by atoms with Gasteiger partial charge in [0.25, 0.3) is 0 Å². The first kappa shape index (κ1) is 15.3. The van der Waals surface area contributed by atoms with Gasteiger partial charge < -0.3 is 10.6 Å². The third-order valence-corrected chi connectivity index (χ3v) is 2.38. The number of nitrogens with one attached hydrogen (secondary N) is 2. The Labute approximate surface area is 110 Å². The molecule has 0 fully saturated rings. The first-order chi connectivity index (χ1) is 8.79. The second-order valence-electron chi connectivity index (χ2n) is 4.66. The van der Waals surface area contributed by atoms with Crippen LogP contribution in [-0.2, 0) is 12.7 Å². The van der Waals surface area contributed by atoms with E-state index in [-0.39, 0.29) is 12.6 Å². The number of hydrogen-bond donors (Lipinski definition) is 2. The zero-order chi connectivity index (χ0) is 14.5. The van der Waals surface area contributed by atoms with E-state index < -0.39 is 11.7 Å². The maximum absolute atomic E-state index is 12.5. The summed E-state index contributed by atoms with van der Waals surface area (Å²) in [6.07, 6.45) is -4.37. The molecular formula is C13H17F3N2O. The lowest BCUT2D eigenvalue weighted by molar-refractivity contribution is -0.137. The Morgan fingerprint density at radius 1 is 1.26 bits per heavy atom. The van der Waals surface area contributed by atoms with E-state index in [0.717, 1.165) is 12.1 Å². The lowest BCUT2D eigenvalue weighted by Crippen LogP contribution is -2.37. The Balaban J connectivity index is 2.52. The van der Waals surface area contributed by atoms with Crippen LogP contribution in [0.1, 0.15) is 25.0 Å². The summed E-state index contributed by atoms with van der Waals surface area (Å²) < 4.78 is 37.4. The number of hydrogen-bond acceptors (Lipinski definition) is 1. The minimum absolute atomic E-state index is 0.0633. The van der Waals surface area contributed by atoms with Crippen molar-refractivity contribution in [3.05, 3.63) is 35.4 Å². The van der Waals surface area contributed by atoms with Gasteiger partial charge in [0.2, 0.25) is 0 Å². The smallest absolute Gasteiger partial charge is 0.338 e. The SMILES string of the molecule is CC(C)CNC(=O)NCc1cccc(C(F)(F)F)c1. The number of carbonyl (C=O) groups is 1. The summed E-state index contributed by atoms with van der Waals surface area (Å²) in [5, 5.41) is 5.14. The number of carbonyl (C=O) groups excluding carboxylic acids is 1. The van der Waals surface area contributed by atoms with Crippen molar-refractivity contribution in [3.8, 4) is 0 Å². The normalized spacial score (nSPS) is 11.5. The Hall–Kier alpha value is -1.72. The summed E-state index contributed by atoms with van der Waals surface area (Å²) in [6.45, 7) is 4.49. The molecule has 0 saturated carbocycles. The molecule has 0 aliphatic heterocycles. The highest BCUT2D eigenvalue weighted by Crippen LogP contribution is 2.29. The molecule has 0 spiro atoms. The molecule has 2 amide bonds. The zero-order valence-corrected chi connectivity index (χ0v) is 10.8. The average molecular weight is 274 g/mol. The van der Waals surface area contributed by atoms with Gasteiger partial charge in [-0.2, -0.15) is 13.2 Å². The highest BCUT2D eigenvalue weighted by atomic mass is 19.4. The second kappa shape index (κ2) is 6.45. The predicted octanol–water partition coefficient (Wildman–Crippen LogP) is 3.16. The third-order valence-electron chi connectivity index (χ3n) is 2.38. The van der Waals surface area contributed by atoms with Crippen molar-refractivity contribution < 1.29 is 18.0 Å². The van der Waals surface area contributed by atoms with Crippen LogP contribution in [0.15, 0.2) is 24.3 Å². The van der Waals surface area contributed by atoms with Gasteiger partial charge in [-0.05, 0) is 23.6 Å². The molecule has 6 heteroatoms.